The van der Waals surface area contributed by atoms with Gasteiger partial charge in [-0.05, 0) is 22.4 Å². The summed E-state index contributed by atoms with van der Waals surface area (Å²) in [5.74, 6) is 1.15. The van der Waals surface area contributed by atoms with E-state index in [9.17, 15) is 5.11 Å². The standard InChI is InChI=1S/C15H25O2P/c1-14(2,3)18(15(4,5)6)13-11(16)9-8-10-12(13)17-7/h8-10,16H,1-7H3. The van der Waals surface area contributed by atoms with Gasteiger partial charge in [0.25, 0.3) is 0 Å². The van der Waals surface area contributed by atoms with E-state index in [1.54, 1.807) is 13.2 Å². The van der Waals surface area contributed by atoms with Crippen molar-refractivity contribution in [2.45, 2.75) is 51.9 Å². The molecule has 102 valence electrons. The van der Waals surface area contributed by atoms with Gasteiger partial charge in [-0.15, -0.1) is 0 Å². The Labute approximate surface area is 112 Å². The van der Waals surface area contributed by atoms with Crippen LogP contribution in [0.2, 0.25) is 0 Å². The smallest absolute Gasteiger partial charge is 0.130 e. The molecule has 0 spiro atoms. The zero-order valence-corrected chi connectivity index (χ0v) is 13.4. The van der Waals surface area contributed by atoms with Crippen LogP contribution < -0.4 is 10.0 Å². The van der Waals surface area contributed by atoms with E-state index in [0.29, 0.717) is 5.75 Å². The van der Waals surface area contributed by atoms with Gasteiger partial charge in [-0.3, -0.25) is 0 Å². The maximum Gasteiger partial charge on any atom is 0.130 e. The quantitative estimate of drug-likeness (QED) is 0.818. The second kappa shape index (κ2) is 5.09. The average Bonchev–Trinajstić information content (AvgIpc) is 2.16. The molecule has 0 amide bonds. The molecule has 0 saturated heterocycles. The predicted molar refractivity (Wildman–Crippen MR) is 80.7 cm³/mol. The number of hydrogen-bond acceptors (Lipinski definition) is 2. The molecule has 0 aliphatic heterocycles. The van der Waals surface area contributed by atoms with Crippen LogP contribution in [-0.2, 0) is 0 Å². The van der Waals surface area contributed by atoms with Crippen molar-refractivity contribution in [3.63, 3.8) is 0 Å². The summed E-state index contributed by atoms with van der Waals surface area (Å²) in [4.78, 5) is 0. The first-order valence-electron chi connectivity index (χ1n) is 6.25. The minimum atomic E-state index is -0.560. The largest absolute Gasteiger partial charge is 0.507 e. The van der Waals surface area contributed by atoms with Crippen molar-refractivity contribution in [3.05, 3.63) is 18.2 Å². The summed E-state index contributed by atoms with van der Waals surface area (Å²) in [7, 11) is 1.10. The fourth-order valence-corrected chi connectivity index (χ4v) is 6.62. The van der Waals surface area contributed by atoms with Gasteiger partial charge in [0.1, 0.15) is 11.5 Å². The summed E-state index contributed by atoms with van der Waals surface area (Å²) < 4.78 is 5.45. The van der Waals surface area contributed by atoms with E-state index in [0.717, 1.165) is 11.1 Å². The number of hydrogen-bond donors (Lipinski definition) is 1. The average molecular weight is 268 g/mol. The molecule has 1 N–H and O–H groups in total. The Morgan fingerprint density at radius 1 is 1.00 bits per heavy atom. The van der Waals surface area contributed by atoms with Gasteiger partial charge in [-0.25, -0.2) is 0 Å². The predicted octanol–water partition coefficient (Wildman–Crippen LogP) is 4.11. The van der Waals surface area contributed by atoms with Crippen molar-refractivity contribution < 1.29 is 9.84 Å². The van der Waals surface area contributed by atoms with E-state index in [1.807, 2.05) is 12.1 Å². The van der Waals surface area contributed by atoms with E-state index in [1.165, 1.54) is 0 Å². The first kappa shape index (κ1) is 15.3. The number of phenolic OH excluding ortho intramolecular Hbond substituents is 1. The number of rotatable bonds is 2. The van der Waals surface area contributed by atoms with Crippen molar-refractivity contribution in [1.82, 2.24) is 0 Å². The number of methoxy groups -OCH3 is 1. The van der Waals surface area contributed by atoms with Crippen molar-refractivity contribution in [2.24, 2.45) is 0 Å². The Morgan fingerprint density at radius 3 is 1.89 bits per heavy atom. The Kier molecular flexibility index (Phi) is 4.33. The Hall–Kier alpha value is -0.750. The minimum absolute atomic E-state index is 0.111. The Balaban J connectivity index is 3.49. The van der Waals surface area contributed by atoms with E-state index < -0.39 is 7.92 Å². The monoisotopic (exact) mass is 268 g/mol. The van der Waals surface area contributed by atoms with Gasteiger partial charge >= 0.3 is 0 Å². The molecule has 0 fully saturated rings. The van der Waals surface area contributed by atoms with E-state index in [-0.39, 0.29) is 10.3 Å². The SMILES string of the molecule is COc1cccc(O)c1P(C(C)(C)C)C(C)(C)C. The number of phenols is 1. The van der Waals surface area contributed by atoms with Gasteiger partial charge in [0.15, 0.2) is 0 Å². The summed E-state index contributed by atoms with van der Waals surface area (Å²) in [5.41, 5.74) is 0. The highest BCUT2D eigenvalue weighted by atomic mass is 31.1. The van der Waals surface area contributed by atoms with Crippen LogP contribution in [0.15, 0.2) is 18.2 Å². The first-order chi connectivity index (χ1) is 8.09. The van der Waals surface area contributed by atoms with Crippen LogP contribution in [0.3, 0.4) is 0 Å². The minimum Gasteiger partial charge on any atom is -0.507 e. The van der Waals surface area contributed by atoms with Gasteiger partial charge in [0.05, 0.1) is 12.4 Å². The van der Waals surface area contributed by atoms with E-state index in [2.05, 4.69) is 41.5 Å². The molecule has 0 aliphatic rings. The van der Waals surface area contributed by atoms with Crippen LogP contribution in [-0.4, -0.2) is 22.5 Å². The third-order valence-electron chi connectivity index (χ3n) is 2.76. The second-order valence-corrected chi connectivity index (χ2v) is 10.3. The zero-order chi connectivity index (χ0) is 14.1. The molecule has 1 aromatic rings. The van der Waals surface area contributed by atoms with Crippen molar-refractivity contribution in [1.29, 1.82) is 0 Å². The molecule has 0 aliphatic carbocycles. The van der Waals surface area contributed by atoms with Crippen molar-refractivity contribution >= 4 is 13.2 Å². The normalized spacial score (nSPS) is 12.9. The molecule has 0 heterocycles. The highest BCUT2D eigenvalue weighted by Crippen LogP contribution is 2.60. The number of benzene rings is 1. The molecule has 0 saturated carbocycles. The van der Waals surface area contributed by atoms with Gasteiger partial charge < -0.3 is 9.84 Å². The Bertz CT molecular complexity index is 399. The third-order valence-corrected chi connectivity index (χ3v) is 6.34. The maximum absolute atomic E-state index is 10.3. The lowest BCUT2D eigenvalue weighted by Crippen LogP contribution is -2.31. The van der Waals surface area contributed by atoms with E-state index >= 15 is 0 Å². The molecule has 2 nitrogen and oxygen atoms in total. The Morgan fingerprint density at radius 2 is 1.50 bits per heavy atom. The fraction of sp³-hybridized carbons (Fsp3) is 0.600. The summed E-state index contributed by atoms with van der Waals surface area (Å²) in [6, 6.07) is 5.52. The molecule has 18 heavy (non-hydrogen) atoms. The highest BCUT2D eigenvalue weighted by Gasteiger charge is 2.38. The van der Waals surface area contributed by atoms with Crippen LogP contribution in [0.25, 0.3) is 0 Å². The molecule has 0 atom stereocenters. The molecule has 0 bridgehead atoms. The zero-order valence-electron chi connectivity index (χ0n) is 12.5. The van der Waals surface area contributed by atoms with E-state index in [4.69, 9.17) is 4.74 Å². The van der Waals surface area contributed by atoms with Gasteiger partial charge in [-0.2, -0.15) is 0 Å². The summed E-state index contributed by atoms with van der Waals surface area (Å²) in [6.07, 6.45) is 0. The van der Waals surface area contributed by atoms with Crippen LogP contribution in [0.4, 0.5) is 0 Å². The summed E-state index contributed by atoms with van der Waals surface area (Å²) in [5, 5.41) is 11.5. The van der Waals surface area contributed by atoms with Crippen LogP contribution in [0.1, 0.15) is 41.5 Å². The van der Waals surface area contributed by atoms with Gasteiger partial charge in [-0.1, -0.05) is 55.5 Å². The molecule has 1 rings (SSSR count). The van der Waals surface area contributed by atoms with Gasteiger partial charge in [0.2, 0.25) is 0 Å². The molecule has 0 radical (unpaired) electrons. The lowest BCUT2D eigenvalue weighted by atomic mass is 10.2. The van der Waals surface area contributed by atoms with Crippen LogP contribution in [0, 0.1) is 0 Å². The van der Waals surface area contributed by atoms with Crippen molar-refractivity contribution in [2.75, 3.05) is 7.11 Å². The summed E-state index contributed by atoms with van der Waals surface area (Å²) in [6.45, 7) is 13.4. The number of ether oxygens (including phenoxy) is 1. The number of aromatic hydroxyl groups is 1. The lowest BCUT2D eigenvalue weighted by Gasteiger charge is -2.42. The fourth-order valence-electron chi connectivity index (χ4n) is 2.58. The maximum atomic E-state index is 10.3. The third kappa shape index (κ3) is 3.17. The molecule has 3 heteroatoms. The molecular weight excluding hydrogens is 243 g/mol. The lowest BCUT2D eigenvalue weighted by molar-refractivity contribution is 0.412. The molecule has 1 aromatic carbocycles. The topological polar surface area (TPSA) is 29.5 Å². The summed E-state index contributed by atoms with van der Waals surface area (Å²) >= 11 is 0. The molecular formula is C15H25O2P. The molecule has 0 aromatic heterocycles. The van der Waals surface area contributed by atoms with Crippen molar-refractivity contribution in [3.8, 4) is 11.5 Å². The molecule has 0 unspecified atom stereocenters. The first-order valence-corrected chi connectivity index (χ1v) is 7.59. The van der Waals surface area contributed by atoms with Gasteiger partial charge in [0, 0.05) is 0 Å². The van der Waals surface area contributed by atoms with Crippen LogP contribution >= 0.6 is 7.92 Å². The highest BCUT2D eigenvalue weighted by molar-refractivity contribution is 7.69. The second-order valence-electron chi connectivity index (χ2n) is 6.51. The van der Waals surface area contributed by atoms with Crippen LogP contribution in [0.5, 0.6) is 11.5 Å².